The van der Waals surface area contributed by atoms with Gasteiger partial charge < -0.3 is 4.57 Å². The summed E-state index contributed by atoms with van der Waals surface area (Å²) in [7, 11) is -1.91. The van der Waals surface area contributed by atoms with Crippen molar-refractivity contribution in [2.75, 3.05) is 18.4 Å². The molecule has 1 saturated heterocycles. The second kappa shape index (κ2) is 8.02. The zero-order chi connectivity index (χ0) is 20.6. The highest BCUT2D eigenvalue weighted by molar-refractivity contribution is 9.10. The molecule has 10 heteroatoms. The second-order valence-corrected chi connectivity index (χ2v) is 10.5. The Morgan fingerprint density at radius 1 is 1.24 bits per heavy atom. The fourth-order valence-electron chi connectivity index (χ4n) is 3.25. The monoisotopic (exact) mass is 494 g/mol. The molecule has 0 unspecified atom stereocenters. The third kappa shape index (κ3) is 4.16. The molecule has 1 aromatic carbocycles. The number of nitrogens with one attached hydrogen (secondary N) is 1. The van der Waals surface area contributed by atoms with Crippen molar-refractivity contribution in [1.82, 2.24) is 13.9 Å². The summed E-state index contributed by atoms with van der Waals surface area (Å²) in [5.41, 5.74) is 1.96. The number of benzene rings is 1. The number of carbonyl (C=O) groups is 1. The van der Waals surface area contributed by atoms with E-state index in [1.807, 2.05) is 29.6 Å². The van der Waals surface area contributed by atoms with Gasteiger partial charge >= 0.3 is 0 Å². The van der Waals surface area contributed by atoms with E-state index >= 15 is 0 Å². The summed E-state index contributed by atoms with van der Waals surface area (Å²) in [4.78, 5) is 17.3. The van der Waals surface area contributed by atoms with Crippen molar-refractivity contribution in [3.8, 4) is 11.3 Å². The largest absolute Gasteiger partial charge is 0.345 e. The molecule has 1 N–H and O–H groups in total. The van der Waals surface area contributed by atoms with Gasteiger partial charge in [0.05, 0.1) is 5.69 Å². The van der Waals surface area contributed by atoms with Gasteiger partial charge in [0.1, 0.15) is 10.6 Å². The van der Waals surface area contributed by atoms with Gasteiger partial charge in [-0.05, 0) is 31.0 Å². The van der Waals surface area contributed by atoms with Crippen molar-refractivity contribution < 1.29 is 13.2 Å². The Bertz CT molecular complexity index is 1160. The fourth-order valence-corrected chi connectivity index (χ4v) is 5.95. The van der Waals surface area contributed by atoms with Gasteiger partial charge in [0, 0.05) is 41.8 Å². The Morgan fingerprint density at radius 2 is 2.00 bits per heavy atom. The molecule has 0 bridgehead atoms. The molecule has 2 aromatic heterocycles. The minimum absolute atomic E-state index is 0.140. The predicted molar refractivity (Wildman–Crippen MR) is 117 cm³/mol. The highest BCUT2D eigenvalue weighted by Gasteiger charge is 2.29. The summed E-state index contributed by atoms with van der Waals surface area (Å²) in [6.45, 7) is 1.05. The van der Waals surface area contributed by atoms with Gasteiger partial charge in [-0.2, -0.15) is 4.31 Å². The lowest BCUT2D eigenvalue weighted by atomic mass is 10.2. The van der Waals surface area contributed by atoms with Crippen molar-refractivity contribution in [2.45, 2.75) is 17.7 Å². The SMILES string of the molecule is Cn1cc(S(=O)(=O)N2CCCC2)cc1C(=O)Nc1nc(-c2cccc(Br)c2)cs1. The highest BCUT2D eigenvalue weighted by Crippen LogP contribution is 2.28. The average Bonchev–Trinajstić information content (AvgIpc) is 3.42. The summed E-state index contributed by atoms with van der Waals surface area (Å²) >= 11 is 4.76. The van der Waals surface area contributed by atoms with Crippen LogP contribution in [0.15, 0.2) is 51.3 Å². The number of sulfonamides is 1. The van der Waals surface area contributed by atoms with Crippen LogP contribution in [-0.2, 0) is 17.1 Å². The Morgan fingerprint density at radius 3 is 2.72 bits per heavy atom. The number of halogens is 1. The van der Waals surface area contributed by atoms with Crippen LogP contribution in [-0.4, -0.2) is 41.3 Å². The van der Waals surface area contributed by atoms with E-state index in [1.54, 1.807) is 7.05 Å². The maximum atomic E-state index is 12.7. The molecule has 1 aliphatic heterocycles. The summed E-state index contributed by atoms with van der Waals surface area (Å²) in [6.07, 6.45) is 3.21. The molecular weight excluding hydrogens is 476 g/mol. The molecule has 0 radical (unpaired) electrons. The minimum Gasteiger partial charge on any atom is -0.345 e. The van der Waals surface area contributed by atoms with Crippen LogP contribution >= 0.6 is 27.3 Å². The zero-order valence-corrected chi connectivity index (χ0v) is 18.8. The molecule has 7 nitrogen and oxygen atoms in total. The molecule has 4 rings (SSSR count). The first-order valence-corrected chi connectivity index (χ1v) is 12.2. The number of thiazole rings is 1. The van der Waals surface area contributed by atoms with Crippen LogP contribution in [0.5, 0.6) is 0 Å². The van der Waals surface area contributed by atoms with Crippen LogP contribution < -0.4 is 5.32 Å². The lowest BCUT2D eigenvalue weighted by molar-refractivity contribution is 0.101. The van der Waals surface area contributed by atoms with E-state index < -0.39 is 15.9 Å². The van der Waals surface area contributed by atoms with Gasteiger partial charge in [-0.3, -0.25) is 10.1 Å². The van der Waals surface area contributed by atoms with Crippen molar-refractivity contribution in [2.24, 2.45) is 7.05 Å². The van der Waals surface area contributed by atoms with E-state index in [2.05, 4.69) is 26.2 Å². The summed E-state index contributed by atoms with van der Waals surface area (Å²) in [5.74, 6) is -0.398. The van der Waals surface area contributed by atoms with Crippen LogP contribution in [0.25, 0.3) is 11.3 Å². The second-order valence-electron chi connectivity index (χ2n) is 6.79. The van der Waals surface area contributed by atoms with Crippen LogP contribution in [0.1, 0.15) is 23.3 Å². The van der Waals surface area contributed by atoms with Crippen LogP contribution in [0.3, 0.4) is 0 Å². The average molecular weight is 495 g/mol. The molecule has 152 valence electrons. The van der Waals surface area contributed by atoms with Crippen molar-refractivity contribution in [3.05, 3.63) is 52.1 Å². The fraction of sp³-hybridized carbons (Fsp3) is 0.263. The third-order valence-corrected chi connectivity index (χ3v) is 7.88. The lowest BCUT2D eigenvalue weighted by Gasteiger charge is -2.13. The number of amides is 1. The Kier molecular flexibility index (Phi) is 5.60. The van der Waals surface area contributed by atoms with E-state index in [0.29, 0.717) is 18.2 Å². The first-order chi connectivity index (χ1) is 13.8. The Balaban J connectivity index is 1.53. The number of hydrogen-bond donors (Lipinski definition) is 1. The van der Waals surface area contributed by atoms with Crippen LogP contribution in [0.2, 0.25) is 0 Å². The van der Waals surface area contributed by atoms with E-state index in [-0.39, 0.29) is 10.6 Å². The van der Waals surface area contributed by atoms with Crippen molar-refractivity contribution in [1.29, 1.82) is 0 Å². The first kappa shape index (κ1) is 20.3. The number of hydrogen-bond acceptors (Lipinski definition) is 5. The van der Waals surface area contributed by atoms with E-state index in [0.717, 1.165) is 28.6 Å². The van der Waals surface area contributed by atoms with Crippen molar-refractivity contribution in [3.63, 3.8) is 0 Å². The maximum Gasteiger partial charge on any atom is 0.274 e. The van der Waals surface area contributed by atoms with E-state index in [4.69, 9.17) is 0 Å². The van der Waals surface area contributed by atoms with Gasteiger partial charge in [0.15, 0.2) is 5.13 Å². The summed E-state index contributed by atoms with van der Waals surface area (Å²) in [5, 5.41) is 5.09. The van der Waals surface area contributed by atoms with Gasteiger partial charge in [0.25, 0.3) is 5.91 Å². The molecule has 1 amide bonds. The molecule has 0 aliphatic carbocycles. The molecule has 0 saturated carbocycles. The molecule has 3 aromatic rings. The number of nitrogens with zero attached hydrogens (tertiary/aromatic N) is 3. The first-order valence-electron chi connectivity index (χ1n) is 9.04. The minimum atomic E-state index is -3.57. The number of aryl methyl sites for hydroxylation is 1. The number of rotatable bonds is 5. The van der Waals surface area contributed by atoms with E-state index in [9.17, 15) is 13.2 Å². The molecule has 3 heterocycles. The van der Waals surface area contributed by atoms with Gasteiger partial charge in [-0.25, -0.2) is 13.4 Å². The molecule has 1 fully saturated rings. The van der Waals surface area contributed by atoms with Crippen molar-refractivity contribution >= 4 is 48.3 Å². The maximum absolute atomic E-state index is 12.7. The summed E-state index contributed by atoms with van der Waals surface area (Å²) in [6, 6.07) is 9.17. The smallest absolute Gasteiger partial charge is 0.274 e. The van der Waals surface area contributed by atoms with Crippen LogP contribution in [0, 0.1) is 0 Å². The predicted octanol–water partition coefficient (Wildman–Crippen LogP) is 3.95. The molecular formula is C19H19BrN4O3S2. The van der Waals surface area contributed by atoms with Crippen LogP contribution in [0.4, 0.5) is 5.13 Å². The van der Waals surface area contributed by atoms with Gasteiger partial charge in [-0.15, -0.1) is 11.3 Å². The Hall–Kier alpha value is -2.01. The molecule has 29 heavy (non-hydrogen) atoms. The highest BCUT2D eigenvalue weighted by atomic mass is 79.9. The standard InChI is InChI=1S/C19H19BrN4O3S2/c1-23-11-15(29(26,27)24-7-2-3-8-24)10-17(23)18(25)22-19-21-16(12-28-19)13-5-4-6-14(20)9-13/h4-6,9-12H,2-3,7-8H2,1H3,(H,21,22,25). The van der Waals surface area contributed by atoms with Gasteiger partial charge in [-0.1, -0.05) is 28.1 Å². The summed E-state index contributed by atoms with van der Waals surface area (Å²) < 4.78 is 29.4. The topological polar surface area (TPSA) is 84.3 Å². The lowest BCUT2D eigenvalue weighted by Crippen LogP contribution is -2.27. The Labute approximate surface area is 181 Å². The number of carbonyl (C=O) groups excluding carboxylic acids is 1. The molecule has 0 spiro atoms. The number of aromatic nitrogens is 2. The molecule has 0 atom stereocenters. The molecule has 1 aliphatic rings. The van der Waals surface area contributed by atoms with E-state index in [1.165, 1.54) is 32.5 Å². The third-order valence-electron chi connectivity index (χ3n) is 4.76. The quantitative estimate of drug-likeness (QED) is 0.581. The van der Waals surface area contributed by atoms with Gasteiger partial charge in [0.2, 0.25) is 10.0 Å². The number of anilines is 1. The zero-order valence-electron chi connectivity index (χ0n) is 15.6. The normalized spacial score (nSPS) is 15.0.